The molecule has 0 aliphatic rings. The third kappa shape index (κ3) is 17.3. The van der Waals surface area contributed by atoms with Gasteiger partial charge in [-0.3, -0.25) is 14.6 Å². The van der Waals surface area contributed by atoms with Gasteiger partial charge in [0.1, 0.15) is 6.04 Å². The van der Waals surface area contributed by atoms with Crippen LogP contribution in [0.3, 0.4) is 0 Å². The van der Waals surface area contributed by atoms with Crippen LogP contribution in [0.1, 0.15) is 72.1 Å². The number of hydrogen-bond donors (Lipinski definition) is 2. The average Bonchev–Trinajstić information content (AvgIpc) is 3.01. The predicted molar refractivity (Wildman–Crippen MR) is 163 cm³/mol. The highest BCUT2D eigenvalue weighted by Gasteiger charge is 2.31. The van der Waals surface area contributed by atoms with Crippen LogP contribution in [0.5, 0.6) is 5.75 Å². The zero-order chi connectivity index (χ0) is 33.3. The van der Waals surface area contributed by atoms with Gasteiger partial charge < -0.3 is 15.4 Å². The van der Waals surface area contributed by atoms with Crippen molar-refractivity contribution in [2.24, 2.45) is 10.1 Å². The number of aliphatic imine (C=N–C) groups is 1. The molecule has 0 heterocycles. The van der Waals surface area contributed by atoms with Gasteiger partial charge in [-0.2, -0.15) is 8.78 Å². The average molecular weight is 671 g/mol. The minimum Gasteiger partial charge on any atom is -0.418 e. The van der Waals surface area contributed by atoms with E-state index in [9.17, 15) is 36.3 Å². The summed E-state index contributed by atoms with van der Waals surface area (Å²) in [6, 6.07) is -1.56. The van der Waals surface area contributed by atoms with Gasteiger partial charge in [0.25, 0.3) is 0 Å². The molecular formula is C27H39F5N6O4S2. The Morgan fingerprint density at radius 1 is 0.886 bits per heavy atom. The van der Waals surface area contributed by atoms with E-state index in [0.29, 0.717) is 13.0 Å². The zero-order valence-electron chi connectivity index (χ0n) is 25.0. The molecule has 0 bridgehead atoms. The second-order valence-electron chi connectivity index (χ2n) is 8.80. The largest absolute Gasteiger partial charge is 0.418 e. The van der Waals surface area contributed by atoms with E-state index >= 15 is 0 Å². The van der Waals surface area contributed by atoms with Gasteiger partial charge in [-0.1, -0.05) is 60.3 Å². The fourth-order valence-corrected chi connectivity index (χ4v) is 4.49. The number of ether oxygens (including phenoxy) is 1. The summed E-state index contributed by atoms with van der Waals surface area (Å²) in [5.74, 6) is -13.5. The normalized spacial score (nSPS) is 11.3. The number of azide groups is 1. The Morgan fingerprint density at radius 3 is 2.07 bits per heavy atom. The molecule has 0 aliphatic heterocycles. The second-order valence-corrected chi connectivity index (χ2v) is 11.8. The number of unbranched alkanes of at least 4 members (excludes halogenated alkanes) is 3. The molecule has 1 aromatic carbocycles. The number of nitrogens with one attached hydrogen (secondary N) is 2. The number of rotatable bonds is 20. The van der Waals surface area contributed by atoms with E-state index in [0.717, 1.165) is 19.3 Å². The van der Waals surface area contributed by atoms with Crippen molar-refractivity contribution in [3.05, 3.63) is 39.5 Å². The lowest BCUT2D eigenvalue weighted by Gasteiger charge is -2.17. The van der Waals surface area contributed by atoms with E-state index in [4.69, 9.17) is 5.53 Å². The SMILES string of the molecule is CCCCCNC(=O)CC=NCCC(NC(=O)CCCCN=[N+]=[N-])C(=O)Oc1c(F)c(F)c(F)c(F)c1F.CCSSCC. The molecule has 10 nitrogen and oxygen atoms in total. The highest BCUT2D eigenvalue weighted by Crippen LogP contribution is 2.29. The van der Waals surface area contributed by atoms with Gasteiger partial charge in [0.05, 0.1) is 6.42 Å². The standard InChI is InChI=1S/C23H29F5N6O4.C4H10S2/c1-2-3-5-10-31-15(35)9-13-30-12-8-14(33-16(36)7-4-6-11-32-34-29)23(37)38-22-20(27)18(25)17(24)19(26)21(22)28;1-3-5-6-4-2/h13-14H,2-12H2,1H3,(H,31,35)(H,33,36);3-4H2,1-2H3. The first-order chi connectivity index (χ1) is 21.0. The van der Waals surface area contributed by atoms with Crippen LogP contribution in [0.25, 0.3) is 10.4 Å². The lowest BCUT2D eigenvalue weighted by molar-refractivity contribution is -0.140. The molecule has 0 aromatic heterocycles. The summed E-state index contributed by atoms with van der Waals surface area (Å²) in [6.45, 7) is 6.88. The van der Waals surface area contributed by atoms with Crippen LogP contribution in [0, 0.1) is 29.1 Å². The molecule has 2 N–H and O–H groups in total. The summed E-state index contributed by atoms with van der Waals surface area (Å²) >= 11 is 0. The fraction of sp³-hybridized carbons (Fsp3) is 0.630. The maximum Gasteiger partial charge on any atom is 0.334 e. The van der Waals surface area contributed by atoms with E-state index < -0.39 is 52.8 Å². The summed E-state index contributed by atoms with van der Waals surface area (Å²) in [5.41, 5.74) is 8.25. The molecule has 2 amide bonds. The van der Waals surface area contributed by atoms with Crippen molar-refractivity contribution in [1.29, 1.82) is 0 Å². The van der Waals surface area contributed by atoms with Crippen LogP contribution in [0.2, 0.25) is 0 Å². The molecule has 44 heavy (non-hydrogen) atoms. The third-order valence-electron chi connectivity index (χ3n) is 5.34. The molecule has 0 spiro atoms. The van der Waals surface area contributed by atoms with E-state index in [2.05, 4.69) is 44.2 Å². The quantitative estimate of drug-likeness (QED) is 0.0133. The van der Waals surface area contributed by atoms with Crippen molar-refractivity contribution < 1.29 is 41.1 Å². The maximum absolute atomic E-state index is 13.9. The minimum absolute atomic E-state index is 0.0523. The number of carbonyl (C=O) groups is 3. The molecule has 17 heteroatoms. The summed E-state index contributed by atoms with van der Waals surface area (Å²) in [5, 5.41) is 8.28. The number of halogens is 5. The van der Waals surface area contributed by atoms with Gasteiger partial charge in [-0.25, -0.2) is 18.0 Å². The molecule has 1 aromatic rings. The van der Waals surface area contributed by atoms with Crippen LogP contribution in [-0.2, 0) is 14.4 Å². The Kier molecular flexibility index (Phi) is 23.6. The summed E-state index contributed by atoms with van der Waals surface area (Å²) in [6.07, 6.45) is 4.27. The van der Waals surface area contributed by atoms with Crippen LogP contribution >= 0.6 is 21.6 Å². The Labute approximate surface area is 261 Å². The van der Waals surface area contributed by atoms with Gasteiger partial charge in [0.2, 0.25) is 46.6 Å². The number of nitrogens with zero attached hydrogens (tertiary/aromatic N) is 4. The molecule has 0 saturated heterocycles. The van der Waals surface area contributed by atoms with Gasteiger partial charge in [-0.05, 0) is 31.2 Å². The van der Waals surface area contributed by atoms with E-state index in [1.165, 1.54) is 17.7 Å². The summed E-state index contributed by atoms with van der Waals surface area (Å²) < 4.78 is 72.5. The van der Waals surface area contributed by atoms with Crippen molar-refractivity contribution >= 4 is 45.6 Å². The van der Waals surface area contributed by atoms with E-state index in [-0.39, 0.29) is 44.7 Å². The van der Waals surface area contributed by atoms with Crippen molar-refractivity contribution in [2.75, 3.05) is 31.1 Å². The number of benzene rings is 1. The molecule has 248 valence electrons. The van der Waals surface area contributed by atoms with Crippen molar-refractivity contribution in [3.63, 3.8) is 0 Å². The van der Waals surface area contributed by atoms with Gasteiger partial charge in [-0.15, -0.1) is 0 Å². The first-order valence-electron chi connectivity index (χ1n) is 14.1. The molecule has 0 fully saturated rings. The van der Waals surface area contributed by atoms with Crippen molar-refractivity contribution in [3.8, 4) is 5.75 Å². The Bertz CT molecular complexity index is 1090. The van der Waals surface area contributed by atoms with Crippen LogP contribution in [0.4, 0.5) is 22.0 Å². The number of esters is 1. The first-order valence-corrected chi connectivity index (χ1v) is 16.6. The summed E-state index contributed by atoms with van der Waals surface area (Å²) in [7, 11) is 3.85. The Balaban J connectivity index is 0.00000278. The monoisotopic (exact) mass is 670 g/mol. The number of carbonyl (C=O) groups excluding carboxylic acids is 3. The fourth-order valence-electron chi connectivity index (χ4n) is 3.16. The maximum atomic E-state index is 13.9. The van der Waals surface area contributed by atoms with E-state index in [1.54, 1.807) is 0 Å². The van der Waals surface area contributed by atoms with Crippen molar-refractivity contribution in [2.45, 2.75) is 78.2 Å². The third-order valence-corrected chi connectivity index (χ3v) is 7.89. The highest BCUT2D eigenvalue weighted by atomic mass is 33.1. The molecule has 0 aliphatic carbocycles. The topological polar surface area (TPSA) is 146 Å². The smallest absolute Gasteiger partial charge is 0.334 e. The zero-order valence-corrected chi connectivity index (χ0v) is 26.6. The Hall–Kier alpha value is -3.04. The second kappa shape index (κ2) is 25.3. The van der Waals surface area contributed by atoms with Crippen LogP contribution < -0.4 is 15.4 Å². The van der Waals surface area contributed by atoms with Gasteiger partial charge in [0.15, 0.2) is 0 Å². The molecule has 1 unspecified atom stereocenters. The van der Waals surface area contributed by atoms with Gasteiger partial charge in [0, 0.05) is 48.7 Å². The van der Waals surface area contributed by atoms with Crippen molar-refractivity contribution in [1.82, 2.24) is 10.6 Å². The minimum atomic E-state index is -2.42. The Morgan fingerprint density at radius 2 is 1.50 bits per heavy atom. The molecule has 0 saturated carbocycles. The van der Waals surface area contributed by atoms with E-state index in [1.807, 2.05) is 28.5 Å². The van der Waals surface area contributed by atoms with Crippen LogP contribution in [0.15, 0.2) is 10.1 Å². The van der Waals surface area contributed by atoms with Gasteiger partial charge >= 0.3 is 5.97 Å². The number of amides is 2. The lowest BCUT2D eigenvalue weighted by atomic mass is 10.1. The molecule has 0 radical (unpaired) electrons. The first kappa shape index (κ1) is 41.0. The summed E-state index contributed by atoms with van der Waals surface area (Å²) in [4.78, 5) is 43.0. The highest BCUT2D eigenvalue weighted by molar-refractivity contribution is 8.76. The lowest BCUT2D eigenvalue weighted by Crippen LogP contribution is -2.43. The molecular weight excluding hydrogens is 631 g/mol. The molecule has 1 atom stereocenters. The number of hydrogen-bond acceptors (Lipinski definition) is 8. The predicted octanol–water partition coefficient (Wildman–Crippen LogP) is 6.82. The van der Waals surface area contributed by atoms with Crippen LogP contribution in [-0.4, -0.2) is 61.2 Å². The molecule has 1 rings (SSSR count).